The van der Waals surface area contributed by atoms with E-state index in [0.29, 0.717) is 11.7 Å². The number of hydrogen-bond acceptors (Lipinski definition) is 3. The third-order valence-corrected chi connectivity index (χ3v) is 5.85. The molecule has 0 heterocycles. The molecule has 4 aliphatic rings. The van der Waals surface area contributed by atoms with Crippen LogP contribution in [0.3, 0.4) is 0 Å². The molecular formula is C18H21O3-. The molecule has 0 radical (unpaired) electrons. The zero-order valence-corrected chi connectivity index (χ0v) is 12.2. The first kappa shape index (κ1) is 13.2. The van der Waals surface area contributed by atoms with Gasteiger partial charge in [0.1, 0.15) is 12.4 Å². The molecule has 3 nitrogen and oxygen atoms in total. The van der Waals surface area contributed by atoms with Crippen LogP contribution in [0.2, 0.25) is 0 Å². The van der Waals surface area contributed by atoms with Gasteiger partial charge in [0.25, 0.3) is 0 Å². The summed E-state index contributed by atoms with van der Waals surface area (Å²) in [4.78, 5) is 10.4. The van der Waals surface area contributed by atoms with Gasteiger partial charge in [-0.05, 0) is 79.4 Å². The fraction of sp³-hybridized carbons (Fsp3) is 0.611. The van der Waals surface area contributed by atoms with Crippen LogP contribution in [0, 0.1) is 23.7 Å². The zero-order chi connectivity index (χ0) is 14.4. The van der Waals surface area contributed by atoms with Crippen molar-refractivity contribution in [3.8, 4) is 5.75 Å². The number of ether oxygens (including phenoxy) is 1. The van der Waals surface area contributed by atoms with E-state index in [9.17, 15) is 9.90 Å². The van der Waals surface area contributed by atoms with Crippen molar-refractivity contribution in [1.29, 1.82) is 0 Å². The number of carboxylic acids is 1. The van der Waals surface area contributed by atoms with Crippen LogP contribution in [0.15, 0.2) is 24.3 Å². The fourth-order valence-corrected chi connectivity index (χ4v) is 5.40. The number of hydrogen-bond donors (Lipinski definition) is 0. The quantitative estimate of drug-likeness (QED) is 0.853. The second-order valence-corrected chi connectivity index (χ2v) is 7.19. The minimum absolute atomic E-state index is 0.378. The van der Waals surface area contributed by atoms with Crippen LogP contribution in [0.4, 0.5) is 0 Å². The summed E-state index contributed by atoms with van der Waals surface area (Å²) in [6, 6.07) is 8.09. The Morgan fingerprint density at radius 2 is 1.57 bits per heavy atom. The summed E-state index contributed by atoms with van der Waals surface area (Å²) in [6.07, 6.45) is 7.15. The number of carbonyl (C=O) groups excluding carboxylic acids is 1. The van der Waals surface area contributed by atoms with E-state index in [4.69, 9.17) is 4.74 Å². The van der Waals surface area contributed by atoms with E-state index in [2.05, 4.69) is 12.1 Å². The van der Waals surface area contributed by atoms with Gasteiger partial charge in [-0.15, -0.1) is 0 Å². The van der Waals surface area contributed by atoms with Gasteiger partial charge in [0.05, 0.1) is 5.97 Å². The van der Waals surface area contributed by atoms with Gasteiger partial charge < -0.3 is 14.6 Å². The molecule has 5 rings (SSSR count). The summed E-state index contributed by atoms with van der Waals surface area (Å²) in [5.74, 6) is 3.89. The lowest BCUT2D eigenvalue weighted by atomic mass is 9.51. The maximum Gasteiger partial charge on any atom is 0.128 e. The van der Waals surface area contributed by atoms with Gasteiger partial charge >= 0.3 is 0 Å². The highest BCUT2D eigenvalue weighted by molar-refractivity contribution is 5.66. The number of carboxylic acid groups (broad SMARTS) is 1. The van der Waals surface area contributed by atoms with E-state index < -0.39 is 5.97 Å². The van der Waals surface area contributed by atoms with Crippen LogP contribution in [-0.4, -0.2) is 12.6 Å². The second kappa shape index (κ2) is 5.04. The van der Waals surface area contributed by atoms with Gasteiger partial charge in [-0.3, -0.25) is 0 Å². The molecule has 0 aliphatic heterocycles. The van der Waals surface area contributed by atoms with Gasteiger partial charge in [-0.1, -0.05) is 12.1 Å². The predicted octanol–water partition coefficient (Wildman–Crippen LogP) is 2.35. The van der Waals surface area contributed by atoms with Crippen LogP contribution in [0.25, 0.3) is 0 Å². The van der Waals surface area contributed by atoms with Crippen molar-refractivity contribution in [2.45, 2.75) is 38.0 Å². The molecule has 0 N–H and O–H groups in total. The van der Waals surface area contributed by atoms with Crippen molar-refractivity contribution in [1.82, 2.24) is 0 Å². The number of carbonyl (C=O) groups is 1. The molecule has 0 amide bonds. The fourth-order valence-electron chi connectivity index (χ4n) is 5.40. The van der Waals surface area contributed by atoms with Crippen molar-refractivity contribution in [2.24, 2.45) is 23.7 Å². The average Bonchev–Trinajstić information content (AvgIpc) is 2.45. The Labute approximate surface area is 125 Å². The van der Waals surface area contributed by atoms with Gasteiger partial charge in [-0.2, -0.15) is 0 Å². The van der Waals surface area contributed by atoms with Crippen molar-refractivity contribution in [3.05, 3.63) is 29.8 Å². The third-order valence-electron chi connectivity index (χ3n) is 5.85. The lowest BCUT2D eigenvalue weighted by Crippen LogP contribution is -2.43. The van der Waals surface area contributed by atoms with E-state index in [-0.39, 0.29) is 6.61 Å². The lowest BCUT2D eigenvalue weighted by molar-refractivity contribution is -0.307. The number of aliphatic carboxylic acids is 1. The first-order valence-electron chi connectivity index (χ1n) is 8.11. The SMILES string of the molecule is O=C([O-])COc1ccc(C2C3CC4CC(C3)CC2C4)cc1. The normalized spacial score (nSPS) is 36.7. The van der Waals surface area contributed by atoms with Gasteiger partial charge in [0, 0.05) is 0 Å². The Kier molecular flexibility index (Phi) is 3.16. The largest absolute Gasteiger partial charge is 0.546 e. The molecule has 0 atom stereocenters. The maximum atomic E-state index is 10.4. The van der Waals surface area contributed by atoms with Crippen LogP contribution >= 0.6 is 0 Å². The summed E-state index contributed by atoms with van der Waals surface area (Å²) in [5.41, 5.74) is 1.42. The number of rotatable bonds is 4. The van der Waals surface area contributed by atoms with Crippen molar-refractivity contribution in [3.63, 3.8) is 0 Å². The molecule has 0 saturated heterocycles. The molecular weight excluding hydrogens is 264 g/mol. The zero-order valence-electron chi connectivity index (χ0n) is 12.2. The molecule has 1 aromatic rings. The van der Waals surface area contributed by atoms with Gasteiger partial charge in [0.2, 0.25) is 0 Å². The average molecular weight is 285 g/mol. The van der Waals surface area contributed by atoms with E-state index in [0.717, 1.165) is 23.7 Å². The summed E-state index contributed by atoms with van der Waals surface area (Å²) < 4.78 is 5.17. The third kappa shape index (κ3) is 2.43. The second-order valence-electron chi connectivity index (χ2n) is 7.19. The minimum Gasteiger partial charge on any atom is -0.546 e. The molecule has 3 heteroatoms. The Morgan fingerprint density at radius 1 is 1.00 bits per heavy atom. The Bertz CT molecular complexity index is 506. The topological polar surface area (TPSA) is 49.4 Å². The summed E-state index contributed by atoms with van der Waals surface area (Å²) >= 11 is 0. The molecule has 0 unspecified atom stereocenters. The van der Waals surface area contributed by atoms with Crippen molar-refractivity contribution >= 4 is 5.97 Å². The van der Waals surface area contributed by atoms with E-state index in [1.165, 1.54) is 37.7 Å². The molecule has 4 saturated carbocycles. The Balaban J connectivity index is 1.50. The van der Waals surface area contributed by atoms with E-state index in [1.807, 2.05) is 12.1 Å². The maximum absolute atomic E-state index is 10.4. The highest BCUT2D eigenvalue weighted by Crippen LogP contribution is 2.59. The Hall–Kier alpha value is -1.51. The monoisotopic (exact) mass is 285 g/mol. The van der Waals surface area contributed by atoms with Crippen LogP contribution in [0.1, 0.15) is 43.6 Å². The minimum atomic E-state index is -1.18. The highest BCUT2D eigenvalue weighted by atomic mass is 16.5. The standard InChI is InChI=1S/C18H22O3/c19-17(20)10-21-16-3-1-13(2-4-16)18-14-6-11-5-12(8-14)9-15(18)7-11/h1-4,11-12,14-15,18H,5-10H2,(H,19,20)/p-1. The van der Waals surface area contributed by atoms with E-state index in [1.54, 1.807) is 0 Å². The van der Waals surface area contributed by atoms with Gasteiger partial charge in [-0.25, -0.2) is 0 Å². The predicted molar refractivity (Wildman–Crippen MR) is 76.7 cm³/mol. The summed E-state index contributed by atoms with van der Waals surface area (Å²) in [6.45, 7) is -0.378. The number of benzene rings is 1. The smallest absolute Gasteiger partial charge is 0.128 e. The van der Waals surface area contributed by atoms with Crippen LogP contribution in [0.5, 0.6) is 5.75 Å². The highest BCUT2D eigenvalue weighted by Gasteiger charge is 2.48. The van der Waals surface area contributed by atoms with Crippen LogP contribution < -0.4 is 9.84 Å². The first-order valence-corrected chi connectivity index (χ1v) is 8.11. The summed E-state index contributed by atoms with van der Waals surface area (Å²) in [5, 5.41) is 10.4. The first-order chi connectivity index (χ1) is 10.2. The molecule has 4 bridgehead atoms. The molecule has 4 aliphatic carbocycles. The molecule has 1 aromatic carbocycles. The van der Waals surface area contributed by atoms with E-state index >= 15 is 0 Å². The molecule has 0 spiro atoms. The molecule has 21 heavy (non-hydrogen) atoms. The Morgan fingerprint density at radius 3 is 2.10 bits per heavy atom. The van der Waals surface area contributed by atoms with Crippen LogP contribution in [-0.2, 0) is 4.79 Å². The van der Waals surface area contributed by atoms with Crippen molar-refractivity contribution < 1.29 is 14.6 Å². The molecule has 0 aromatic heterocycles. The van der Waals surface area contributed by atoms with Crippen molar-refractivity contribution in [2.75, 3.05) is 6.61 Å². The molecule has 112 valence electrons. The lowest BCUT2D eigenvalue weighted by Gasteiger charge is -2.54. The van der Waals surface area contributed by atoms with Gasteiger partial charge in [0.15, 0.2) is 0 Å². The summed E-state index contributed by atoms with van der Waals surface area (Å²) in [7, 11) is 0. The molecule has 4 fully saturated rings.